The molecule has 0 aliphatic heterocycles. The molecule has 0 saturated heterocycles. The van der Waals surface area contributed by atoms with Crippen molar-refractivity contribution in [3.05, 3.63) is 0 Å². The number of esters is 1. The Morgan fingerprint density at radius 3 is 1.57 bits per heavy atom. The zero-order valence-electron chi connectivity index (χ0n) is 14.6. The lowest BCUT2D eigenvalue weighted by molar-refractivity contribution is -0.147. The van der Waals surface area contributed by atoms with Gasteiger partial charge in [0.2, 0.25) is 0 Å². The highest BCUT2D eigenvalue weighted by atomic mass is 16.5. The second-order valence-electron chi connectivity index (χ2n) is 8.19. The van der Waals surface area contributed by atoms with Gasteiger partial charge in [0.1, 0.15) is 5.78 Å². The van der Waals surface area contributed by atoms with Crippen LogP contribution in [0.4, 0.5) is 0 Å². The van der Waals surface area contributed by atoms with E-state index in [2.05, 4.69) is 0 Å². The highest BCUT2D eigenvalue weighted by molar-refractivity contribution is 5.79. The Morgan fingerprint density at radius 1 is 0.739 bits per heavy atom. The summed E-state index contributed by atoms with van der Waals surface area (Å²) in [4.78, 5) is 23.1. The van der Waals surface area contributed by atoms with E-state index in [0.717, 1.165) is 62.2 Å². The van der Waals surface area contributed by atoms with Crippen molar-refractivity contribution in [3.63, 3.8) is 0 Å². The first-order valence-corrected chi connectivity index (χ1v) is 9.77. The van der Waals surface area contributed by atoms with Crippen LogP contribution in [0.3, 0.4) is 0 Å². The molecule has 3 aliphatic rings. The normalized spacial score (nSPS) is 36.7. The van der Waals surface area contributed by atoms with Gasteiger partial charge in [0.05, 0.1) is 13.0 Å². The summed E-state index contributed by atoms with van der Waals surface area (Å²) in [6.07, 6.45) is 14.0. The fourth-order valence-electron chi connectivity index (χ4n) is 5.51. The smallest absolute Gasteiger partial charge is 0.308 e. The third-order valence-electron chi connectivity index (χ3n) is 7.04. The minimum absolute atomic E-state index is 0.000922. The number of hydrogen-bond donors (Lipinski definition) is 0. The van der Waals surface area contributed by atoms with E-state index in [1.54, 1.807) is 0 Å². The Morgan fingerprint density at radius 2 is 1.13 bits per heavy atom. The summed E-state index contributed by atoms with van der Waals surface area (Å²) in [6.45, 7) is 0. The Kier molecular flexibility index (Phi) is 5.76. The average molecular weight is 320 g/mol. The van der Waals surface area contributed by atoms with E-state index >= 15 is 0 Å². The van der Waals surface area contributed by atoms with Crippen LogP contribution in [0.15, 0.2) is 0 Å². The molecule has 0 unspecified atom stereocenters. The van der Waals surface area contributed by atoms with Crippen LogP contribution in [0.2, 0.25) is 0 Å². The average Bonchev–Trinajstić information content (AvgIpc) is 2.62. The summed E-state index contributed by atoms with van der Waals surface area (Å²) in [5.74, 6) is 4.07. The number of carbonyl (C=O) groups excluding carboxylic acids is 2. The fourth-order valence-corrected chi connectivity index (χ4v) is 5.51. The van der Waals surface area contributed by atoms with E-state index < -0.39 is 0 Å². The van der Waals surface area contributed by atoms with Gasteiger partial charge in [-0.3, -0.25) is 9.59 Å². The third-order valence-corrected chi connectivity index (χ3v) is 7.04. The van der Waals surface area contributed by atoms with Crippen molar-refractivity contribution in [1.82, 2.24) is 0 Å². The van der Waals surface area contributed by atoms with Crippen LogP contribution in [0, 0.1) is 29.6 Å². The molecular formula is C20H32O3. The van der Waals surface area contributed by atoms with E-state index in [1.165, 1.54) is 45.6 Å². The molecule has 3 heteroatoms. The first-order valence-electron chi connectivity index (χ1n) is 9.77. The quantitative estimate of drug-likeness (QED) is 0.717. The van der Waals surface area contributed by atoms with Crippen LogP contribution in [0.25, 0.3) is 0 Å². The number of carbonyl (C=O) groups is 2. The minimum atomic E-state index is -0.000922. The van der Waals surface area contributed by atoms with Gasteiger partial charge in [-0.1, -0.05) is 0 Å². The van der Waals surface area contributed by atoms with Crippen molar-refractivity contribution in [1.29, 1.82) is 0 Å². The Labute approximate surface area is 140 Å². The molecule has 3 saturated carbocycles. The Hall–Kier alpha value is -0.860. The number of methoxy groups -OCH3 is 1. The molecule has 3 aliphatic carbocycles. The van der Waals surface area contributed by atoms with Crippen LogP contribution in [-0.2, 0) is 14.3 Å². The molecule has 3 nitrogen and oxygen atoms in total. The Bertz CT molecular complexity index is 405. The largest absolute Gasteiger partial charge is 0.469 e. The molecule has 3 rings (SSSR count). The molecule has 0 spiro atoms. The van der Waals surface area contributed by atoms with Crippen LogP contribution >= 0.6 is 0 Å². The number of ether oxygens (including phenoxy) is 1. The third kappa shape index (κ3) is 4.16. The van der Waals surface area contributed by atoms with Gasteiger partial charge in [-0.15, -0.1) is 0 Å². The van der Waals surface area contributed by atoms with Gasteiger partial charge in [-0.05, 0) is 87.9 Å². The summed E-state index contributed by atoms with van der Waals surface area (Å²) in [5, 5.41) is 0. The van der Waals surface area contributed by atoms with E-state index in [0.29, 0.717) is 5.78 Å². The first-order chi connectivity index (χ1) is 11.2. The standard InChI is InChI=1S/C20H32O3/c1-23-20(22)18-8-6-16(7-9-18)14-2-4-15(5-3-14)17-10-12-19(21)13-11-17/h14-18H,2-13H2,1H3. The monoisotopic (exact) mass is 320 g/mol. The highest BCUT2D eigenvalue weighted by Crippen LogP contribution is 2.45. The molecule has 23 heavy (non-hydrogen) atoms. The molecule has 0 amide bonds. The highest BCUT2D eigenvalue weighted by Gasteiger charge is 2.35. The molecular weight excluding hydrogens is 288 g/mol. The first kappa shape index (κ1) is 17.0. The van der Waals surface area contributed by atoms with Crippen LogP contribution in [0.1, 0.15) is 77.0 Å². The second kappa shape index (κ2) is 7.81. The lowest BCUT2D eigenvalue weighted by atomic mass is 9.65. The maximum Gasteiger partial charge on any atom is 0.308 e. The van der Waals surface area contributed by atoms with Gasteiger partial charge in [0.15, 0.2) is 0 Å². The number of hydrogen-bond acceptors (Lipinski definition) is 3. The molecule has 0 aromatic carbocycles. The van der Waals surface area contributed by atoms with Gasteiger partial charge in [0, 0.05) is 12.8 Å². The molecule has 0 atom stereocenters. The van der Waals surface area contributed by atoms with Gasteiger partial charge >= 0.3 is 5.97 Å². The summed E-state index contributed by atoms with van der Waals surface area (Å²) in [6, 6.07) is 0. The van der Waals surface area contributed by atoms with Crippen molar-refractivity contribution >= 4 is 11.8 Å². The van der Waals surface area contributed by atoms with E-state index in [-0.39, 0.29) is 11.9 Å². The second-order valence-corrected chi connectivity index (χ2v) is 8.19. The number of rotatable bonds is 3. The minimum Gasteiger partial charge on any atom is -0.469 e. The predicted molar refractivity (Wildman–Crippen MR) is 89.9 cm³/mol. The molecule has 0 aromatic heterocycles. The molecule has 0 N–H and O–H groups in total. The molecule has 0 radical (unpaired) electrons. The molecule has 0 heterocycles. The van der Waals surface area contributed by atoms with Crippen LogP contribution in [-0.4, -0.2) is 18.9 Å². The fraction of sp³-hybridized carbons (Fsp3) is 0.900. The van der Waals surface area contributed by atoms with Crippen molar-refractivity contribution in [3.8, 4) is 0 Å². The van der Waals surface area contributed by atoms with Crippen LogP contribution < -0.4 is 0 Å². The lowest BCUT2D eigenvalue weighted by Gasteiger charge is -2.40. The summed E-state index contributed by atoms with van der Waals surface area (Å²) >= 11 is 0. The molecule has 0 bridgehead atoms. The van der Waals surface area contributed by atoms with Crippen molar-refractivity contribution in [2.24, 2.45) is 29.6 Å². The van der Waals surface area contributed by atoms with Crippen LogP contribution in [0.5, 0.6) is 0 Å². The predicted octanol–water partition coefficient (Wildman–Crippen LogP) is 4.53. The van der Waals surface area contributed by atoms with E-state index in [9.17, 15) is 9.59 Å². The lowest BCUT2D eigenvalue weighted by Crippen LogP contribution is -2.31. The van der Waals surface area contributed by atoms with Gasteiger partial charge in [-0.2, -0.15) is 0 Å². The number of ketones is 1. The van der Waals surface area contributed by atoms with Crippen molar-refractivity contribution in [2.45, 2.75) is 77.0 Å². The van der Waals surface area contributed by atoms with E-state index in [1.807, 2.05) is 0 Å². The summed E-state index contributed by atoms with van der Waals surface area (Å²) < 4.78 is 4.90. The SMILES string of the molecule is COC(=O)C1CCC(C2CCC(C3CCC(=O)CC3)CC2)CC1. The van der Waals surface area contributed by atoms with Gasteiger partial charge < -0.3 is 4.74 Å². The molecule has 130 valence electrons. The maximum atomic E-state index is 11.6. The zero-order valence-corrected chi connectivity index (χ0v) is 14.6. The maximum absolute atomic E-state index is 11.6. The topological polar surface area (TPSA) is 43.4 Å². The molecule has 3 fully saturated rings. The van der Waals surface area contributed by atoms with Gasteiger partial charge in [-0.25, -0.2) is 0 Å². The number of Topliss-reactive ketones (excluding diaryl/α,β-unsaturated/α-hetero) is 1. The van der Waals surface area contributed by atoms with Gasteiger partial charge in [0.25, 0.3) is 0 Å². The summed E-state index contributed by atoms with van der Waals surface area (Å²) in [7, 11) is 1.51. The van der Waals surface area contributed by atoms with Crippen molar-refractivity contribution in [2.75, 3.05) is 7.11 Å². The van der Waals surface area contributed by atoms with E-state index in [4.69, 9.17) is 4.74 Å². The Balaban J connectivity index is 1.41. The molecule has 0 aromatic rings. The summed E-state index contributed by atoms with van der Waals surface area (Å²) in [5.41, 5.74) is 0. The zero-order chi connectivity index (χ0) is 16.2. The van der Waals surface area contributed by atoms with Crippen molar-refractivity contribution < 1.29 is 14.3 Å².